The lowest BCUT2D eigenvalue weighted by Crippen LogP contribution is -2.57. The van der Waals surface area contributed by atoms with E-state index in [4.69, 9.17) is 23.2 Å². The number of carbonyl (C=O) groups excluding carboxylic acids is 2. The molecule has 2 aromatic carbocycles. The number of carbonyl (C=O) groups is 3. The largest absolute Gasteiger partial charge is 0.573 e. The number of alkyl halides is 3. The van der Waals surface area contributed by atoms with Crippen molar-refractivity contribution in [1.82, 2.24) is 5.32 Å². The Balaban J connectivity index is 1.81. The quantitative estimate of drug-likeness (QED) is 0.268. The van der Waals surface area contributed by atoms with Crippen LogP contribution >= 0.6 is 23.2 Å². The maximum Gasteiger partial charge on any atom is 0.573 e. The van der Waals surface area contributed by atoms with Crippen LogP contribution in [0.2, 0.25) is 10.0 Å². The van der Waals surface area contributed by atoms with E-state index in [-0.39, 0.29) is 22.9 Å². The molecule has 1 atom stereocenters. The number of benzene rings is 2. The lowest BCUT2D eigenvalue weighted by atomic mass is 9.75. The fourth-order valence-corrected chi connectivity index (χ4v) is 4.82. The minimum absolute atomic E-state index is 0.226. The highest BCUT2D eigenvalue weighted by atomic mass is 35.5. The topological polar surface area (TPSA) is 117 Å². The van der Waals surface area contributed by atoms with Crippen molar-refractivity contribution in [1.29, 1.82) is 0 Å². The molecule has 3 rings (SSSR count). The molecule has 0 unspecified atom stereocenters. The normalized spacial score (nSPS) is 15.8. The van der Waals surface area contributed by atoms with E-state index in [1.54, 1.807) is 0 Å². The van der Waals surface area contributed by atoms with Crippen molar-refractivity contribution in [3.8, 4) is 5.75 Å². The van der Waals surface area contributed by atoms with Crippen molar-refractivity contribution in [3.05, 3.63) is 51.8 Å². The van der Waals surface area contributed by atoms with Gasteiger partial charge in [-0.25, -0.2) is 14.0 Å². The molecule has 1 saturated carbocycles. The molecule has 0 bridgehead atoms. The number of anilines is 2. The minimum atomic E-state index is -5.00. The van der Waals surface area contributed by atoms with E-state index in [0.29, 0.717) is 12.8 Å². The maximum atomic E-state index is 14.0. The highest BCUT2D eigenvalue weighted by molar-refractivity contribution is 6.40. The van der Waals surface area contributed by atoms with E-state index < -0.39 is 51.4 Å². The zero-order chi connectivity index (χ0) is 28.3. The first-order valence-electron chi connectivity index (χ1n) is 11.4. The summed E-state index contributed by atoms with van der Waals surface area (Å²) in [6.45, 7) is 1.41. The fraction of sp³-hybridized carbons (Fsp3) is 0.375. The van der Waals surface area contributed by atoms with Crippen molar-refractivity contribution in [2.24, 2.45) is 5.92 Å². The van der Waals surface area contributed by atoms with Crippen LogP contribution in [-0.2, 0) is 4.79 Å². The third kappa shape index (κ3) is 7.19. The number of carboxylic acid groups (broad SMARTS) is 1. The van der Waals surface area contributed by atoms with Gasteiger partial charge in [0.15, 0.2) is 0 Å². The Hall–Kier alpha value is -3.25. The van der Waals surface area contributed by atoms with E-state index in [0.717, 1.165) is 49.6 Å². The maximum absolute atomic E-state index is 14.0. The van der Waals surface area contributed by atoms with Gasteiger partial charge in [0, 0.05) is 12.1 Å². The van der Waals surface area contributed by atoms with Crippen LogP contribution in [0.3, 0.4) is 0 Å². The Bertz CT molecular complexity index is 1220. The second kappa shape index (κ2) is 11.6. The number of carboxylic acids is 1. The number of aliphatic carboxylic acids is 1. The van der Waals surface area contributed by atoms with Crippen LogP contribution in [0.5, 0.6) is 5.75 Å². The minimum Gasteiger partial charge on any atom is -0.480 e. The van der Waals surface area contributed by atoms with Crippen molar-refractivity contribution in [2.75, 3.05) is 10.6 Å². The second-order valence-electron chi connectivity index (χ2n) is 8.88. The van der Waals surface area contributed by atoms with Crippen LogP contribution in [0.4, 0.5) is 33.7 Å². The molecular formula is C24H23Cl2F4N3O5. The molecule has 0 radical (unpaired) electrons. The Labute approximate surface area is 224 Å². The average molecular weight is 580 g/mol. The van der Waals surface area contributed by atoms with Gasteiger partial charge in [-0.3, -0.25) is 4.79 Å². The van der Waals surface area contributed by atoms with Gasteiger partial charge in [-0.15, -0.1) is 13.2 Å². The second-order valence-corrected chi connectivity index (χ2v) is 9.69. The molecule has 1 aliphatic rings. The molecule has 3 amide bonds. The Kier molecular flexibility index (Phi) is 8.98. The molecule has 8 nitrogen and oxygen atoms in total. The number of halogens is 6. The van der Waals surface area contributed by atoms with Crippen LogP contribution < -0.4 is 20.7 Å². The molecule has 0 aromatic heterocycles. The molecule has 38 heavy (non-hydrogen) atoms. The third-order valence-corrected chi connectivity index (χ3v) is 6.80. The first-order valence-corrected chi connectivity index (χ1v) is 12.1. The van der Waals surface area contributed by atoms with Gasteiger partial charge in [0.25, 0.3) is 5.91 Å². The van der Waals surface area contributed by atoms with Crippen LogP contribution in [0, 0.1) is 11.7 Å². The van der Waals surface area contributed by atoms with Crippen molar-refractivity contribution in [3.63, 3.8) is 0 Å². The molecule has 4 N–H and O–H groups in total. The van der Waals surface area contributed by atoms with Crippen LogP contribution in [0.25, 0.3) is 0 Å². The summed E-state index contributed by atoms with van der Waals surface area (Å²) in [7, 11) is 0. The van der Waals surface area contributed by atoms with Gasteiger partial charge in [-0.2, -0.15) is 0 Å². The lowest BCUT2D eigenvalue weighted by Gasteiger charge is -2.37. The number of hydrogen-bond donors (Lipinski definition) is 4. The average Bonchev–Trinajstić information content (AvgIpc) is 2.80. The van der Waals surface area contributed by atoms with E-state index in [2.05, 4.69) is 20.7 Å². The number of hydrogen-bond acceptors (Lipinski definition) is 4. The van der Waals surface area contributed by atoms with E-state index in [1.165, 1.54) is 6.92 Å². The third-order valence-electron chi connectivity index (χ3n) is 6.20. The van der Waals surface area contributed by atoms with Gasteiger partial charge in [-0.1, -0.05) is 42.5 Å². The van der Waals surface area contributed by atoms with E-state index >= 15 is 0 Å². The van der Waals surface area contributed by atoms with E-state index in [9.17, 15) is 37.1 Å². The summed E-state index contributed by atoms with van der Waals surface area (Å²) in [4.78, 5) is 37.9. The number of nitrogens with one attached hydrogen (secondary N) is 3. The van der Waals surface area contributed by atoms with Gasteiger partial charge in [0.1, 0.15) is 17.1 Å². The van der Waals surface area contributed by atoms with Crippen molar-refractivity contribution in [2.45, 2.75) is 50.9 Å². The summed E-state index contributed by atoms with van der Waals surface area (Å²) < 4.78 is 55.1. The van der Waals surface area contributed by atoms with Gasteiger partial charge in [-0.05, 0) is 43.9 Å². The molecule has 14 heteroatoms. The van der Waals surface area contributed by atoms with Crippen LogP contribution in [0.15, 0.2) is 30.3 Å². The summed E-state index contributed by atoms with van der Waals surface area (Å²) in [5.41, 5.74) is -2.41. The Morgan fingerprint density at radius 1 is 1.00 bits per heavy atom. The number of urea groups is 1. The number of amides is 3. The van der Waals surface area contributed by atoms with Crippen LogP contribution in [-0.4, -0.2) is 34.9 Å². The Morgan fingerprint density at radius 3 is 2.16 bits per heavy atom. The van der Waals surface area contributed by atoms with Gasteiger partial charge in [0.05, 0.1) is 27.0 Å². The molecule has 0 saturated heterocycles. The van der Waals surface area contributed by atoms with Gasteiger partial charge < -0.3 is 25.8 Å². The summed E-state index contributed by atoms with van der Waals surface area (Å²) in [6.07, 6.45) is -1.18. The summed E-state index contributed by atoms with van der Waals surface area (Å²) in [5.74, 6) is -3.95. The number of rotatable bonds is 7. The predicted molar refractivity (Wildman–Crippen MR) is 132 cm³/mol. The molecular weight excluding hydrogens is 557 g/mol. The first-order chi connectivity index (χ1) is 17.7. The molecule has 0 heterocycles. The molecule has 1 aliphatic carbocycles. The lowest BCUT2D eigenvalue weighted by molar-refractivity contribution is -0.274. The molecule has 1 fully saturated rings. The highest BCUT2D eigenvalue weighted by Gasteiger charge is 2.43. The van der Waals surface area contributed by atoms with Gasteiger partial charge >= 0.3 is 18.4 Å². The smallest absolute Gasteiger partial charge is 0.480 e. The molecule has 206 valence electrons. The summed E-state index contributed by atoms with van der Waals surface area (Å²) in [5, 5.41) is 16.1. The predicted octanol–water partition coefficient (Wildman–Crippen LogP) is 6.83. The fourth-order valence-electron chi connectivity index (χ4n) is 4.26. The zero-order valence-electron chi connectivity index (χ0n) is 19.8. The molecule has 0 spiro atoms. The molecule has 0 aliphatic heterocycles. The zero-order valence-corrected chi connectivity index (χ0v) is 21.4. The summed E-state index contributed by atoms with van der Waals surface area (Å²) >= 11 is 11.9. The first kappa shape index (κ1) is 29.3. The summed E-state index contributed by atoms with van der Waals surface area (Å²) in [6, 6.07) is 3.37. The SMILES string of the molecule is C[C@](NC(=O)c1ccc(F)cc1NC(=O)Nc1c(Cl)cc(OC(F)(F)F)cc1Cl)(C(=O)O)C1CCCCC1. The van der Waals surface area contributed by atoms with E-state index in [1.807, 2.05) is 0 Å². The highest BCUT2D eigenvalue weighted by Crippen LogP contribution is 2.37. The monoisotopic (exact) mass is 579 g/mol. The van der Waals surface area contributed by atoms with Crippen LogP contribution in [0.1, 0.15) is 49.4 Å². The molecule has 2 aromatic rings. The Morgan fingerprint density at radius 2 is 1.61 bits per heavy atom. The standard InChI is InChI=1S/C24H23Cl2F4N3O5/c1-23(21(35)36,12-5-3-2-4-6-12)33-20(34)15-8-7-13(27)9-18(15)31-22(37)32-19-16(25)10-14(11-17(19)26)38-24(28,29)30/h7-12H,2-6H2,1H3,(H,33,34)(H,35,36)(H2,31,32,37)/t23-/m1/s1. The van der Waals surface area contributed by atoms with Gasteiger partial charge in [0.2, 0.25) is 0 Å². The van der Waals surface area contributed by atoms with Crippen molar-refractivity contribution < 1.29 is 41.8 Å². The van der Waals surface area contributed by atoms with Crippen molar-refractivity contribution >= 4 is 52.5 Å². The number of ether oxygens (including phenoxy) is 1.